The van der Waals surface area contributed by atoms with Crippen molar-refractivity contribution in [2.75, 3.05) is 7.05 Å². The second kappa shape index (κ2) is 7.60. The third kappa shape index (κ3) is 3.72. The molecule has 0 fully saturated rings. The van der Waals surface area contributed by atoms with Gasteiger partial charge in [-0.25, -0.2) is 0 Å². The largest absolute Gasteiger partial charge is 0.339 e. The Hall–Kier alpha value is -2.82. The molecule has 0 aliphatic rings. The van der Waals surface area contributed by atoms with Gasteiger partial charge >= 0.3 is 0 Å². The summed E-state index contributed by atoms with van der Waals surface area (Å²) in [6.07, 6.45) is 6.67. The quantitative estimate of drug-likeness (QED) is 0.707. The fourth-order valence-corrected chi connectivity index (χ4v) is 3.07. The number of carbonyl (C=O) groups excluding carboxylic acids is 1. The maximum Gasteiger partial charge on any atom is 0.254 e. The number of carbonyl (C=O) groups is 1. The van der Waals surface area contributed by atoms with E-state index in [0.29, 0.717) is 12.0 Å². The topological polar surface area (TPSA) is 59.0 Å². The molecule has 0 saturated heterocycles. The minimum atomic E-state index is 0.00476. The van der Waals surface area contributed by atoms with Gasteiger partial charge in [0.25, 0.3) is 5.91 Å². The number of benzene rings is 1. The average molecular weight is 348 g/mol. The van der Waals surface area contributed by atoms with Gasteiger partial charge < -0.3 is 4.90 Å². The molecule has 5 heteroatoms. The van der Waals surface area contributed by atoms with E-state index in [9.17, 15) is 4.79 Å². The fourth-order valence-electron chi connectivity index (χ4n) is 3.07. The van der Waals surface area contributed by atoms with Gasteiger partial charge in [0.05, 0.1) is 16.8 Å². The fraction of sp³-hybridized carbons (Fsp3) is 0.333. The molecule has 26 heavy (non-hydrogen) atoms. The van der Waals surface area contributed by atoms with Crippen molar-refractivity contribution in [2.24, 2.45) is 0 Å². The SMILES string of the molecule is CCc1ccc2nc(C)cc(C(=O)N(C)[C@@H](C)Cc3cnccn3)c2c1. The zero-order valence-corrected chi connectivity index (χ0v) is 15.7. The van der Waals surface area contributed by atoms with Crippen LogP contribution in [-0.4, -0.2) is 38.8 Å². The number of aryl methyl sites for hydroxylation is 2. The van der Waals surface area contributed by atoms with Crippen molar-refractivity contribution in [2.45, 2.75) is 39.7 Å². The predicted molar refractivity (Wildman–Crippen MR) is 103 cm³/mol. The average Bonchev–Trinajstić information content (AvgIpc) is 2.66. The second-order valence-electron chi connectivity index (χ2n) is 6.68. The first-order valence-corrected chi connectivity index (χ1v) is 8.92. The molecule has 3 rings (SSSR count). The van der Waals surface area contributed by atoms with Crippen molar-refractivity contribution < 1.29 is 4.79 Å². The Morgan fingerprint density at radius 3 is 2.73 bits per heavy atom. The molecule has 5 nitrogen and oxygen atoms in total. The lowest BCUT2D eigenvalue weighted by molar-refractivity contribution is 0.0744. The van der Waals surface area contributed by atoms with Crippen molar-refractivity contribution in [3.63, 3.8) is 0 Å². The van der Waals surface area contributed by atoms with Gasteiger partial charge in [0, 0.05) is 49.2 Å². The molecule has 0 aliphatic carbocycles. The molecule has 0 saturated carbocycles. The summed E-state index contributed by atoms with van der Waals surface area (Å²) >= 11 is 0. The van der Waals surface area contributed by atoms with Crippen LogP contribution in [0.3, 0.4) is 0 Å². The molecule has 0 N–H and O–H groups in total. The summed E-state index contributed by atoms with van der Waals surface area (Å²) in [6.45, 7) is 6.06. The molecule has 1 atom stereocenters. The summed E-state index contributed by atoms with van der Waals surface area (Å²) < 4.78 is 0. The number of hydrogen-bond donors (Lipinski definition) is 0. The number of aromatic nitrogens is 3. The van der Waals surface area contributed by atoms with Crippen molar-refractivity contribution in [1.82, 2.24) is 19.9 Å². The van der Waals surface area contributed by atoms with E-state index < -0.39 is 0 Å². The molecule has 134 valence electrons. The normalized spacial score (nSPS) is 12.2. The molecule has 0 spiro atoms. The predicted octanol–water partition coefficient (Wildman–Crippen LogP) is 3.60. The lowest BCUT2D eigenvalue weighted by Crippen LogP contribution is -2.36. The highest BCUT2D eigenvalue weighted by molar-refractivity contribution is 6.06. The first-order valence-electron chi connectivity index (χ1n) is 8.92. The Kier molecular flexibility index (Phi) is 5.26. The Balaban J connectivity index is 1.93. The number of fused-ring (bicyclic) bond motifs is 1. The van der Waals surface area contributed by atoms with Gasteiger partial charge in [0.15, 0.2) is 0 Å². The molecular formula is C21H24N4O. The van der Waals surface area contributed by atoms with Crippen molar-refractivity contribution >= 4 is 16.8 Å². The van der Waals surface area contributed by atoms with Gasteiger partial charge in [0.2, 0.25) is 0 Å². The van der Waals surface area contributed by atoms with Crippen LogP contribution < -0.4 is 0 Å². The first-order chi connectivity index (χ1) is 12.5. The van der Waals surface area contributed by atoms with Crippen LogP contribution in [0.2, 0.25) is 0 Å². The molecule has 2 aromatic heterocycles. The van der Waals surface area contributed by atoms with E-state index in [0.717, 1.165) is 28.7 Å². The van der Waals surface area contributed by atoms with E-state index in [2.05, 4.69) is 34.0 Å². The smallest absolute Gasteiger partial charge is 0.254 e. The Labute approximate surface area is 154 Å². The van der Waals surface area contributed by atoms with Crippen LogP contribution in [0.25, 0.3) is 10.9 Å². The van der Waals surface area contributed by atoms with Crippen molar-refractivity contribution in [3.8, 4) is 0 Å². The molecule has 0 aliphatic heterocycles. The lowest BCUT2D eigenvalue weighted by atomic mass is 10.0. The van der Waals surface area contributed by atoms with Crippen molar-refractivity contribution in [3.05, 3.63) is 65.4 Å². The minimum Gasteiger partial charge on any atom is -0.339 e. The van der Waals surface area contributed by atoms with Crippen LogP contribution >= 0.6 is 0 Å². The van der Waals surface area contributed by atoms with Crippen LogP contribution in [0.15, 0.2) is 42.9 Å². The monoisotopic (exact) mass is 348 g/mol. The number of nitrogens with zero attached hydrogens (tertiary/aromatic N) is 4. The van der Waals surface area contributed by atoms with Gasteiger partial charge in [0.1, 0.15) is 0 Å². The molecule has 0 radical (unpaired) electrons. The number of likely N-dealkylation sites (N-methyl/N-ethyl adjacent to an activating group) is 1. The van der Waals surface area contributed by atoms with Gasteiger partial charge in [-0.15, -0.1) is 0 Å². The highest BCUT2D eigenvalue weighted by Crippen LogP contribution is 2.22. The van der Waals surface area contributed by atoms with Gasteiger partial charge in [-0.2, -0.15) is 0 Å². The molecule has 0 unspecified atom stereocenters. The number of amides is 1. The minimum absolute atomic E-state index is 0.00476. The summed E-state index contributed by atoms with van der Waals surface area (Å²) in [6, 6.07) is 8.05. The maximum absolute atomic E-state index is 13.2. The van der Waals surface area contributed by atoms with E-state index in [1.807, 2.05) is 33.0 Å². The standard InChI is InChI=1S/C21H24N4O/c1-5-16-6-7-20-18(12-16)19(10-14(2)24-20)21(26)25(4)15(3)11-17-13-22-8-9-23-17/h6-10,12-13,15H,5,11H2,1-4H3/t15-/m0/s1. The molecule has 1 aromatic carbocycles. The van der Waals surface area contributed by atoms with Crippen LogP contribution in [-0.2, 0) is 12.8 Å². The van der Waals surface area contributed by atoms with Crippen LogP contribution in [0.1, 0.15) is 41.2 Å². The summed E-state index contributed by atoms with van der Waals surface area (Å²) in [5.74, 6) is 0.00476. The number of rotatable bonds is 5. The summed E-state index contributed by atoms with van der Waals surface area (Å²) in [7, 11) is 1.84. The first kappa shape index (κ1) is 18.0. The second-order valence-corrected chi connectivity index (χ2v) is 6.68. The van der Waals surface area contributed by atoms with E-state index in [-0.39, 0.29) is 11.9 Å². The van der Waals surface area contributed by atoms with Crippen molar-refractivity contribution in [1.29, 1.82) is 0 Å². The number of pyridine rings is 1. The third-order valence-corrected chi connectivity index (χ3v) is 4.74. The molecule has 3 aromatic rings. The van der Waals surface area contributed by atoms with Gasteiger partial charge in [-0.1, -0.05) is 13.0 Å². The molecule has 1 amide bonds. The van der Waals surface area contributed by atoms with Gasteiger partial charge in [-0.05, 0) is 44.0 Å². The molecule has 2 heterocycles. The maximum atomic E-state index is 13.2. The van der Waals surface area contributed by atoms with Gasteiger partial charge in [-0.3, -0.25) is 19.7 Å². The zero-order valence-electron chi connectivity index (χ0n) is 15.7. The summed E-state index contributed by atoms with van der Waals surface area (Å²) in [5.41, 5.74) is 4.49. The highest BCUT2D eigenvalue weighted by Gasteiger charge is 2.21. The van der Waals surface area contributed by atoms with E-state index in [1.165, 1.54) is 5.56 Å². The molecular weight excluding hydrogens is 324 g/mol. The highest BCUT2D eigenvalue weighted by atomic mass is 16.2. The van der Waals surface area contributed by atoms with Crippen LogP contribution in [0.4, 0.5) is 0 Å². The summed E-state index contributed by atoms with van der Waals surface area (Å²) in [4.78, 5) is 28.0. The van der Waals surface area contributed by atoms with Crippen LogP contribution in [0.5, 0.6) is 0 Å². The Bertz CT molecular complexity index is 924. The number of hydrogen-bond acceptors (Lipinski definition) is 4. The van der Waals surface area contributed by atoms with E-state index in [4.69, 9.17) is 0 Å². The Morgan fingerprint density at radius 2 is 2.04 bits per heavy atom. The zero-order chi connectivity index (χ0) is 18.7. The third-order valence-electron chi connectivity index (χ3n) is 4.74. The lowest BCUT2D eigenvalue weighted by Gasteiger charge is -2.25. The van der Waals surface area contributed by atoms with E-state index >= 15 is 0 Å². The van der Waals surface area contributed by atoms with E-state index in [1.54, 1.807) is 23.5 Å². The van der Waals surface area contributed by atoms with Crippen LogP contribution in [0, 0.1) is 6.92 Å². The Morgan fingerprint density at radius 1 is 1.23 bits per heavy atom. The summed E-state index contributed by atoms with van der Waals surface area (Å²) in [5, 5.41) is 0.915. The molecule has 0 bridgehead atoms.